The Morgan fingerprint density at radius 3 is 2.38 bits per heavy atom. The standard InChI is InChI=1S/C14H19NO/c1-10-8-13(9-11(2)14(10)16-3)12-4-6-15-7-5-12/h4,8-9,15H,5-7H2,1-3H3. The predicted molar refractivity (Wildman–Crippen MR) is 67.9 cm³/mol. The van der Waals surface area contributed by atoms with Gasteiger partial charge in [-0.1, -0.05) is 6.08 Å². The number of aryl methyl sites for hydroxylation is 2. The number of nitrogens with one attached hydrogen (secondary N) is 1. The molecular weight excluding hydrogens is 198 g/mol. The van der Waals surface area contributed by atoms with E-state index >= 15 is 0 Å². The fourth-order valence-electron chi connectivity index (χ4n) is 2.34. The van der Waals surface area contributed by atoms with E-state index in [-0.39, 0.29) is 0 Å². The molecule has 0 bridgehead atoms. The SMILES string of the molecule is COc1c(C)cc(C2=CCNCC2)cc1C. The van der Waals surface area contributed by atoms with Gasteiger partial charge in [0.05, 0.1) is 7.11 Å². The first-order valence-electron chi connectivity index (χ1n) is 5.77. The van der Waals surface area contributed by atoms with E-state index in [1.807, 2.05) is 0 Å². The number of rotatable bonds is 2. The first-order chi connectivity index (χ1) is 7.72. The Bertz CT molecular complexity index is 398. The third-order valence-electron chi connectivity index (χ3n) is 3.10. The first-order valence-corrected chi connectivity index (χ1v) is 5.77. The summed E-state index contributed by atoms with van der Waals surface area (Å²) in [6, 6.07) is 4.45. The minimum atomic E-state index is 0.986. The van der Waals surface area contributed by atoms with Crippen LogP contribution in [0.1, 0.15) is 23.1 Å². The third kappa shape index (κ3) is 2.12. The van der Waals surface area contributed by atoms with Gasteiger partial charge >= 0.3 is 0 Å². The van der Waals surface area contributed by atoms with E-state index in [1.54, 1.807) is 7.11 Å². The maximum absolute atomic E-state index is 5.39. The Morgan fingerprint density at radius 1 is 1.19 bits per heavy atom. The lowest BCUT2D eigenvalue weighted by Crippen LogP contribution is -2.20. The molecule has 0 radical (unpaired) electrons. The highest BCUT2D eigenvalue weighted by atomic mass is 16.5. The van der Waals surface area contributed by atoms with Gasteiger partial charge in [-0.25, -0.2) is 0 Å². The Labute approximate surface area is 97.3 Å². The van der Waals surface area contributed by atoms with Crippen molar-refractivity contribution in [3.63, 3.8) is 0 Å². The van der Waals surface area contributed by atoms with Crippen LogP contribution in [-0.4, -0.2) is 20.2 Å². The van der Waals surface area contributed by atoms with Crippen LogP contribution >= 0.6 is 0 Å². The van der Waals surface area contributed by atoms with E-state index in [4.69, 9.17) is 4.74 Å². The summed E-state index contributed by atoms with van der Waals surface area (Å²) in [5, 5.41) is 3.34. The van der Waals surface area contributed by atoms with Gasteiger partial charge < -0.3 is 10.1 Å². The highest BCUT2D eigenvalue weighted by Gasteiger charge is 2.10. The number of methoxy groups -OCH3 is 1. The van der Waals surface area contributed by atoms with Crippen molar-refractivity contribution < 1.29 is 4.74 Å². The molecule has 0 amide bonds. The van der Waals surface area contributed by atoms with E-state index in [2.05, 4.69) is 37.4 Å². The van der Waals surface area contributed by atoms with Crippen molar-refractivity contribution in [1.82, 2.24) is 5.32 Å². The smallest absolute Gasteiger partial charge is 0.124 e. The quantitative estimate of drug-likeness (QED) is 0.822. The lowest BCUT2D eigenvalue weighted by atomic mass is 9.96. The van der Waals surface area contributed by atoms with Gasteiger partial charge in [-0.05, 0) is 61.2 Å². The first kappa shape index (κ1) is 11.2. The van der Waals surface area contributed by atoms with Crippen LogP contribution in [0.3, 0.4) is 0 Å². The van der Waals surface area contributed by atoms with Crippen LogP contribution in [0.5, 0.6) is 5.75 Å². The summed E-state index contributed by atoms with van der Waals surface area (Å²) in [5.74, 6) is 1.01. The zero-order valence-corrected chi connectivity index (χ0v) is 10.3. The minimum Gasteiger partial charge on any atom is -0.496 e. The molecule has 1 aliphatic rings. The zero-order valence-electron chi connectivity index (χ0n) is 10.3. The van der Waals surface area contributed by atoms with Crippen LogP contribution in [0.15, 0.2) is 18.2 Å². The van der Waals surface area contributed by atoms with Crippen molar-refractivity contribution in [2.45, 2.75) is 20.3 Å². The summed E-state index contributed by atoms with van der Waals surface area (Å²) < 4.78 is 5.39. The fraction of sp³-hybridized carbons (Fsp3) is 0.429. The molecule has 2 rings (SSSR count). The molecule has 0 unspecified atom stereocenters. The van der Waals surface area contributed by atoms with E-state index in [9.17, 15) is 0 Å². The van der Waals surface area contributed by atoms with Gasteiger partial charge in [0.15, 0.2) is 0 Å². The van der Waals surface area contributed by atoms with Crippen molar-refractivity contribution in [3.8, 4) is 5.75 Å². The molecule has 86 valence electrons. The Hall–Kier alpha value is -1.28. The van der Waals surface area contributed by atoms with Crippen LogP contribution in [-0.2, 0) is 0 Å². The summed E-state index contributed by atoms with van der Waals surface area (Å²) in [6.45, 7) is 6.28. The second-order valence-electron chi connectivity index (χ2n) is 4.33. The largest absolute Gasteiger partial charge is 0.496 e. The maximum Gasteiger partial charge on any atom is 0.124 e. The van der Waals surface area contributed by atoms with Gasteiger partial charge in [-0.2, -0.15) is 0 Å². The number of benzene rings is 1. The molecule has 0 saturated heterocycles. The second-order valence-corrected chi connectivity index (χ2v) is 4.33. The van der Waals surface area contributed by atoms with E-state index in [0.29, 0.717) is 0 Å². The summed E-state index contributed by atoms with van der Waals surface area (Å²) in [5.41, 5.74) is 5.23. The average molecular weight is 217 g/mol. The molecule has 1 N–H and O–H groups in total. The van der Waals surface area contributed by atoms with Crippen molar-refractivity contribution in [2.75, 3.05) is 20.2 Å². The Balaban J connectivity index is 2.39. The van der Waals surface area contributed by atoms with Crippen LogP contribution in [0, 0.1) is 13.8 Å². The summed E-state index contributed by atoms with van der Waals surface area (Å²) in [6.07, 6.45) is 3.40. The van der Waals surface area contributed by atoms with E-state index in [1.165, 1.54) is 22.3 Å². The summed E-state index contributed by atoms with van der Waals surface area (Å²) in [7, 11) is 1.73. The molecule has 0 aromatic heterocycles. The maximum atomic E-state index is 5.39. The van der Waals surface area contributed by atoms with Gasteiger partial charge in [0.25, 0.3) is 0 Å². The Kier molecular flexibility index (Phi) is 3.30. The number of ether oxygens (including phenoxy) is 1. The van der Waals surface area contributed by atoms with Crippen LogP contribution < -0.4 is 10.1 Å². The normalized spacial score (nSPS) is 15.8. The molecule has 0 spiro atoms. The van der Waals surface area contributed by atoms with Gasteiger partial charge in [0.2, 0.25) is 0 Å². The fourth-order valence-corrected chi connectivity index (χ4v) is 2.34. The molecule has 2 heteroatoms. The third-order valence-corrected chi connectivity index (χ3v) is 3.10. The molecule has 1 aromatic carbocycles. The highest BCUT2D eigenvalue weighted by Crippen LogP contribution is 2.29. The zero-order chi connectivity index (χ0) is 11.5. The predicted octanol–water partition coefficient (Wildman–Crippen LogP) is 2.69. The minimum absolute atomic E-state index is 0.986. The molecule has 1 heterocycles. The topological polar surface area (TPSA) is 21.3 Å². The molecule has 0 atom stereocenters. The summed E-state index contributed by atoms with van der Waals surface area (Å²) >= 11 is 0. The molecule has 1 aliphatic heterocycles. The monoisotopic (exact) mass is 217 g/mol. The summed E-state index contributed by atoms with van der Waals surface area (Å²) in [4.78, 5) is 0. The van der Waals surface area contributed by atoms with Crippen molar-refractivity contribution in [1.29, 1.82) is 0 Å². The second kappa shape index (κ2) is 4.71. The van der Waals surface area contributed by atoms with Crippen LogP contribution in [0.2, 0.25) is 0 Å². The van der Waals surface area contributed by atoms with E-state index < -0.39 is 0 Å². The van der Waals surface area contributed by atoms with Crippen molar-refractivity contribution >= 4 is 5.57 Å². The molecular formula is C14H19NO. The number of hydrogen-bond acceptors (Lipinski definition) is 2. The van der Waals surface area contributed by atoms with Crippen molar-refractivity contribution in [2.24, 2.45) is 0 Å². The average Bonchev–Trinajstić information content (AvgIpc) is 2.30. The van der Waals surface area contributed by atoms with Gasteiger partial charge in [-0.15, -0.1) is 0 Å². The number of hydrogen-bond donors (Lipinski definition) is 1. The molecule has 16 heavy (non-hydrogen) atoms. The lowest BCUT2D eigenvalue weighted by Gasteiger charge is -2.17. The molecule has 0 saturated carbocycles. The Morgan fingerprint density at radius 2 is 1.88 bits per heavy atom. The highest BCUT2D eigenvalue weighted by molar-refractivity contribution is 5.69. The van der Waals surface area contributed by atoms with Gasteiger partial charge in [0.1, 0.15) is 5.75 Å². The van der Waals surface area contributed by atoms with Crippen LogP contribution in [0.4, 0.5) is 0 Å². The van der Waals surface area contributed by atoms with Crippen LogP contribution in [0.25, 0.3) is 5.57 Å². The van der Waals surface area contributed by atoms with Gasteiger partial charge in [-0.3, -0.25) is 0 Å². The molecule has 0 aliphatic carbocycles. The van der Waals surface area contributed by atoms with Crippen molar-refractivity contribution in [3.05, 3.63) is 34.9 Å². The van der Waals surface area contributed by atoms with Gasteiger partial charge in [0, 0.05) is 6.54 Å². The molecule has 2 nitrogen and oxygen atoms in total. The lowest BCUT2D eigenvalue weighted by molar-refractivity contribution is 0.408. The molecule has 1 aromatic rings. The molecule has 0 fully saturated rings. The van der Waals surface area contributed by atoms with E-state index in [0.717, 1.165) is 25.3 Å².